The summed E-state index contributed by atoms with van der Waals surface area (Å²) >= 11 is 0. The van der Waals surface area contributed by atoms with Crippen molar-refractivity contribution in [2.45, 2.75) is 64.2 Å². The van der Waals surface area contributed by atoms with Crippen molar-refractivity contribution in [3.8, 4) is 0 Å². The molecule has 0 bridgehead atoms. The van der Waals surface area contributed by atoms with Gasteiger partial charge in [-0.15, -0.1) is 0 Å². The molecule has 2 fully saturated rings. The summed E-state index contributed by atoms with van der Waals surface area (Å²) in [4.78, 5) is 14.4. The first-order chi connectivity index (χ1) is 8.27. The maximum Gasteiger partial charge on any atom is 0.241 e. The van der Waals surface area contributed by atoms with Crippen LogP contribution in [0.5, 0.6) is 0 Å². The lowest BCUT2D eigenvalue weighted by molar-refractivity contribution is -0.135. The van der Waals surface area contributed by atoms with Crippen molar-refractivity contribution >= 4 is 5.91 Å². The van der Waals surface area contributed by atoms with Gasteiger partial charge in [0.1, 0.15) is 0 Å². The van der Waals surface area contributed by atoms with Crippen LogP contribution in [0.4, 0.5) is 0 Å². The molecular weight excluding hydrogens is 216 g/mol. The summed E-state index contributed by atoms with van der Waals surface area (Å²) < 4.78 is 5.51. The Balaban J connectivity index is 2.04. The zero-order valence-corrected chi connectivity index (χ0v) is 10.9. The monoisotopic (exact) mass is 240 g/mol. The first-order valence-electron chi connectivity index (χ1n) is 6.93. The number of nitrogens with zero attached hydrogens (tertiary/aromatic N) is 1. The highest BCUT2D eigenvalue weighted by Gasteiger charge is 2.41. The number of hydrogen-bond donors (Lipinski definition) is 1. The molecular formula is C13H24N2O2. The molecule has 0 radical (unpaired) electrons. The summed E-state index contributed by atoms with van der Waals surface area (Å²) in [6.07, 6.45) is 5.34. The second kappa shape index (κ2) is 5.83. The first-order valence-corrected chi connectivity index (χ1v) is 6.93. The van der Waals surface area contributed by atoms with E-state index in [4.69, 9.17) is 4.74 Å². The normalized spacial score (nSPS) is 34.4. The highest BCUT2D eigenvalue weighted by molar-refractivity contribution is 5.84. The molecule has 0 saturated carbocycles. The van der Waals surface area contributed by atoms with Crippen LogP contribution in [0.15, 0.2) is 0 Å². The van der Waals surface area contributed by atoms with Crippen LogP contribution in [0.3, 0.4) is 0 Å². The molecule has 1 N–H and O–H groups in total. The largest absolute Gasteiger partial charge is 0.379 e. The molecule has 0 aromatic carbocycles. The first kappa shape index (κ1) is 12.8. The van der Waals surface area contributed by atoms with Gasteiger partial charge in [-0.2, -0.15) is 0 Å². The summed E-state index contributed by atoms with van der Waals surface area (Å²) in [5, 5.41) is 3.46. The van der Waals surface area contributed by atoms with Gasteiger partial charge in [-0.1, -0.05) is 20.3 Å². The molecule has 2 aliphatic heterocycles. The molecule has 17 heavy (non-hydrogen) atoms. The van der Waals surface area contributed by atoms with Gasteiger partial charge in [0.25, 0.3) is 0 Å². The number of amides is 1. The van der Waals surface area contributed by atoms with Gasteiger partial charge < -0.3 is 9.64 Å². The molecule has 0 aromatic rings. The Hall–Kier alpha value is -0.610. The fourth-order valence-electron chi connectivity index (χ4n) is 2.90. The van der Waals surface area contributed by atoms with Crippen LogP contribution in [0.1, 0.15) is 46.0 Å². The van der Waals surface area contributed by atoms with Crippen molar-refractivity contribution in [3.05, 3.63) is 0 Å². The average molecular weight is 240 g/mol. The molecule has 1 amide bonds. The van der Waals surface area contributed by atoms with E-state index in [1.54, 1.807) is 0 Å². The van der Waals surface area contributed by atoms with Gasteiger partial charge in [0.15, 0.2) is 0 Å². The van der Waals surface area contributed by atoms with E-state index >= 15 is 0 Å². The molecule has 0 aromatic heterocycles. The molecule has 3 unspecified atom stereocenters. The Morgan fingerprint density at radius 2 is 2.29 bits per heavy atom. The lowest BCUT2D eigenvalue weighted by Gasteiger charge is -2.34. The molecule has 2 heterocycles. The molecule has 0 aliphatic carbocycles. The minimum absolute atomic E-state index is 0.0341. The lowest BCUT2D eigenvalue weighted by Crippen LogP contribution is -2.48. The van der Waals surface area contributed by atoms with Crippen LogP contribution in [0.25, 0.3) is 0 Å². The van der Waals surface area contributed by atoms with E-state index in [2.05, 4.69) is 24.1 Å². The van der Waals surface area contributed by atoms with E-state index in [0.717, 1.165) is 38.7 Å². The van der Waals surface area contributed by atoms with E-state index in [9.17, 15) is 4.79 Å². The van der Waals surface area contributed by atoms with Gasteiger partial charge in [-0.25, -0.2) is 0 Å². The Kier molecular flexibility index (Phi) is 4.40. The van der Waals surface area contributed by atoms with Gasteiger partial charge in [0, 0.05) is 6.61 Å². The SMILES string of the molecule is CCCC1NC(CC)N(C2CCCOC2)C1=O. The van der Waals surface area contributed by atoms with Gasteiger partial charge in [-0.3, -0.25) is 10.1 Å². The Labute approximate surface area is 104 Å². The quantitative estimate of drug-likeness (QED) is 0.809. The molecule has 98 valence electrons. The predicted molar refractivity (Wildman–Crippen MR) is 66.6 cm³/mol. The molecule has 4 heteroatoms. The molecule has 2 saturated heterocycles. The standard InChI is InChI=1S/C13H24N2O2/c1-3-6-11-13(16)15(12(4-2)14-11)10-7-5-8-17-9-10/h10-12,14H,3-9H2,1-2H3. The minimum Gasteiger partial charge on any atom is -0.379 e. The van der Waals surface area contributed by atoms with E-state index in [0.29, 0.717) is 6.61 Å². The average Bonchev–Trinajstić information content (AvgIpc) is 2.68. The maximum atomic E-state index is 12.4. The van der Waals surface area contributed by atoms with Gasteiger partial charge in [0.05, 0.1) is 24.9 Å². The third kappa shape index (κ3) is 2.63. The summed E-state index contributed by atoms with van der Waals surface area (Å²) in [6.45, 7) is 5.82. The molecule has 4 nitrogen and oxygen atoms in total. The smallest absolute Gasteiger partial charge is 0.241 e. The topological polar surface area (TPSA) is 41.6 Å². The number of rotatable bonds is 4. The van der Waals surface area contributed by atoms with E-state index < -0.39 is 0 Å². The van der Waals surface area contributed by atoms with Crippen molar-refractivity contribution in [1.29, 1.82) is 0 Å². The van der Waals surface area contributed by atoms with E-state index in [1.165, 1.54) is 0 Å². The lowest BCUT2D eigenvalue weighted by atomic mass is 10.1. The maximum absolute atomic E-state index is 12.4. The number of ether oxygens (including phenoxy) is 1. The number of hydrogen-bond acceptors (Lipinski definition) is 3. The molecule has 2 rings (SSSR count). The second-order valence-electron chi connectivity index (χ2n) is 5.05. The van der Waals surface area contributed by atoms with Crippen LogP contribution in [-0.2, 0) is 9.53 Å². The van der Waals surface area contributed by atoms with Crippen LogP contribution in [0.2, 0.25) is 0 Å². The molecule has 2 aliphatic rings. The highest BCUT2D eigenvalue weighted by atomic mass is 16.5. The van der Waals surface area contributed by atoms with E-state index in [-0.39, 0.29) is 24.2 Å². The van der Waals surface area contributed by atoms with Crippen molar-refractivity contribution in [2.75, 3.05) is 13.2 Å². The Morgan fingerprint density at radius 1 is 1.47 bits per heavy atom. The highest BCUT2D eigenvalue weighted by Crippen LogP contribution is 2.24. The second-order valence-corrected chi connectivity index (χ2v) is 5.05. The summed E-state index contributed by atoms with van der Waals surface area (Å²) in [6, 6.07) is 0.322. The van der Waals surface area contributed by atoms with Gasteiger partial charge >= 0.3 is 0 Å². The minimum atomic E-state index is 0.0341. The zero-order valence-electron chi connectivity index (χ0n) is 10.9. The van der Waals surface area contributed by atoms with Gasteiger partial charge in [0.2, 0.25) is 5.91 Å². The summed E-state index contributed by atoms with van der Waals surface area (Å²) in [5.74, 6) is 0.286. The molecule has 3 atom stereocenters. The van der Waals surface area contributed by atoms with Crippen molar-refractivity contribution < 1.29 is 9.53 Å². The molecule has 0 spiro atoms. The van der Waals surface area contributed by atoms with Crippen LogP contribution >= 0.6 is 0 Å². The fourth-order valence-corrected chi connectivity index (χ4v) is 2.90. The van der Waals surface area contributed by atoms with Crippen molar-refractivity contribution in [2.24, 2.45) is 0 Å². The zero-order chi connectivity index (χ0) is 12.3. The fraction of sp³-hybridized carbons (Fsp3) is 0.923. The Bertz CT molecular complexity index is 264. The number of carbonyl (C=O) groups is 1. The van der Waals surface area contributed by atoms with Crippen LogP contribution in [-0.4, -0.2) is 42.3 Å². The summed E-state index contributed by atoms with van der Waals surface area (Å²) in [7, 11) is 0. The van der Waals surface area contributed by atoms with Crippen molar-refractivity contribution in [3.63, 3.8) is 0 Å². The van der Waals surface area contributed by atoms with E-state index in [1.807, 2.05) is 0 Å². The summed E-state index contributed by atoms with van der Waals surface area (Å²) in [5.41, 5.74) is 0. The Morgan fingerprint density at radius 3 is 2.88 bits per heavy atom. The van der Waals surface area contributed by atoms with Gasteiger partial charge in [-0.05, 0) is 25.7 Å². The predicted octanol–water partition coefficient (Wildman–Crippen LogP) is 1.50. The van der Waals surface area contributed by atoms with Crippen LogP contribution in [0, 0.1) is 0 Å². The number of carbonyl (C=O) groups excluding carboxylic acids is 1. The van der Waals surface area contributed by atoms with Crippen LogP contribution < -0.4 is 5.32 Å². The third-order valence-corrected chi connectivity index (χ3v) is 3.78. The third-order valence-electron chi connectivity index (χ3n) is 3.78. The van der Waals surface area contributed by atoms with Crippen molar-refractivity contribution in [1.82, 2.24) is 10.2 Å². The number of nitrogens with one attached hydrogen (secondary N) is 1.